The summed E-state index contributed by atoms with van der Waals surface area (Å²) in [5.74, 6) is 0.137. The lowest BCUT2D eigenvalue weighted by atomic mass is 9.93. The largest absolute Gasteiger partial charge is 0.497 e. The molecule has 1 saturated carbocycles. The predicted molar refractivity (Wildman–Crippen MR) is 196 cm³/mol. The van der Waals surface area contributed by atoms with Gasteiger partial charge in [-0.05, 0) is 59.4 Å². The predicted octanol–water partition coefficient (Wildman–Crippen LogP) is 8.60. The van der Waals surface area contributed by atoms with Gasteiger partial charge in [0.05, 0.1) is 57.9 Å². The highest BCUT2D eigenvalue weighted by molar-refractivity contribution is 5.89. The van der Waals surface area contributed by atoms with Crippen molar-refractivity contribution in [3.8, 4) is 5.75 Å². The fourth-order valence-corrected chi connectivity index (χ4v) is 6.45. The number of carbonyl (C=O) groups is 1. The van der Waals surface area contributed by atoms with Gasteiger partial charge < -0.3 is 28.4 Å². The van der Waals surface area contributed by atoms with Gasteiger partial charge in [-0.15, -0.1) is 0 Å². The molecule has 1 aliphatic carbocycles. The second-order valence-electron chi connectivity index (χ2n) is 12.8. The summed E-state index contributed by atoms with van der Waals surface area (Å²) in [5, 5.41) is 0. The van der Waals surface area contributed by atoms with Crippen molar-refractivity contribution in [3.63, 3.8) is 0 Å². The molecule has 5 aromatic carbocycles. The monoisotopic (exact) mass is 686 g/mol. The minimum Gasteiger partial charge on any atom is -0.497 e. The van der Waals surface area contributed by atoms with E-state index in [0.29, 0.717) is 51.4 Å². The first-order valence-corrected chi connectivity index (χ1v) is 17.6. The fraction of sp³-hybridized carbons (Fsp3) is 0.295. The van der Waals surface area contributed by atoms with Crippen LogP contribution in [-0.2, 0) is 50.1 Å². The number of methoxy groups -OCH3 is 1. The third kappa shape index (κ3) is 10.6. The molecule has 0 radical (unpaired) electrons. The lowest BCUT2D eigenvalue weighted by molar-refractivity contribution is -0.168. The SMILES string of the molecule is COc1ccc(CO[C@H]2CC[C@@H](OC(=O)c3ccccc3)[C@@H](OCc3ccccc3)[C@H](OCc3ccccc3)[C@H]2COCc2ccccc2)cc1. The summed E-state index contributed by atoms with van der Waals surface area (Å²) in [6, 6.07) is 47.2. The fourth-order valence-electron chi connectivity index (χ4n) is 6.45. The highest BCUT2D eigenvalue weighted by Crippen LogP contribution is 2.35. The summed E-state index contributed by atoms with van der Waals surface area (Å²) < 4.78 is 38.7. The van der Waals surface area contributed by atoms with Crippen molar-refractivity contribution in [3.05, 3.63) is 173 Å². The molecule has 0 bridgehead atoms. The van der Waals surface area contributed by atoms with E-state index in [9.17, 15) is 4.79 Å². The molecule has 0 N–H and O–H groups in total. The third-order valence-corrected chi connectivity index (χ3v) is 9.21. The summed E-state index contributed by atoms with van der Waals surface area (Å²) in [7, 11) is 1.66. The molecule has 1 aliphatic rings. The van der Waals surface area contributed by atoms with E-state index in [2.05, 4.69) is 12.1 Å². The first kappa shape index (κ1) is 36.0. The smallest absolute Gasteiger partial charge is 0.338 e. The second-order valence-corrected chi connectivity index (χ2v) is 12.8. The van der Waals surface area contributed by atoms with Gasteiger partial charge in [0.1, 0.15) is 18.0 Å². The number of ether oxygens (including phenoxy) is 6. The van der Waals surface area contributed by atoms with Crippen LogP contribution in [0, 0.1) is 5.92 Å². The average Bonchev–Trinajstić information content (AvgIpc) is 3.32. The topological polar surface area (TPSA) is 72.5 Å². The highest BCUT2D eigenvalue weighted by atomic mass is 16.6. The molecule has 6 rings (SSSR count). The van der Waals surface area contributed by atoms with Crippen LogP contribution in [-0.4, -0.2) is 44.1 Å². The normalized spacial score (nSPS) is 20.3. The molecule has 0 aliphatic heterocycles. The quantitative estimate of drug-likeness (QED) is 0.0761. The minimum absolute atomic E-state index is 0.253. The van der Waals surface area contributed by atoms with Gasteiger partial charge in [-0.1, -0.05) is 121 Å². The third-order valence-electron chi connectivity index (χ3n) is 9.21. The van der Waals surface area contributed by atoms with Gasteiger partial charge in [-0.25, -0.2) is 4.79 Å². The van der Waals surface area contributed by atoms with Crippen LogP contribution in [0.25, 0.3) is 0 Å². The molecule has 0 aromatic heterocycles. The lowest BCUT2D eigenvalue weighted by Gasteiger charge is -2.37. The van der Waals surface area contributed by atoms with Crippen molar-refractivity contribution in [2.75, 3.05) is 13.7 Å². The Morgan fingerprint density at radius 3 is 1.57 bits per heavy atom. The minimum atomic E-state index is -0.610. The molecule has 1 fully saturated rings. The van der Waals surface area contributed by atoms with Gasteiger partial charge in [0.25, 0.3) is 0 Å². The molecular formula is C44H46O7. The molecule has 51 heavy (non-hydrogen) atoms. The van der Waals surface area contributed by atoms with Crippen LogP contribution >= 0.6 is 0 Å². The van der Waals surface area contributed by atoms with E-state index in [-0.39, 0.29) is 12.0 Å². The zero-order valence-corrected chi connectivity index (χ0v) is 29.1. The first-order chi connectivity index (χ1) is 25.2. The second kappa shape index (κ2) is 19.0. The van der Waals surface area contributed by atoms with E-state index in [0.717, 1.165) is 28.0 Å². The summed E-state index contributed by atoms with van der Waals surface area (Å²) in [6.07, 6.45) is -0.909. The van der Waals surface area contributed by atoms with E-state index in [1.807, 2.05) is 121 Å². The molecule has 0 spiro atoms. The Hall–Kier alpha value is -4.79. The van der Waals surface area contributed by atoms with Gasteiger partial charge in [-0.3, -0.25) is 0 Å². The Morgan fingerprint density at radius 2 is 1.00 bits per heavy atom. The highest BCUT2D eigenvalue weighted by Gasteiger charge is 2.46. The number of rotatable bonds is 16. The van der Waals surface area contributed by atoms with E-state index in [4.69, 9.17) is 28.4 Å². The molecule has 264 valence electrons. The Kier molecular flexibility index (Phi) is 13.4. The molecule has 0 heterocycles. The average molecular weight is 687 g/mol. The molecule has 0 amide bonds. The Morgan fingerprint density at radius 1 is 0.529 bits per heavy atom. The van der Waals surface area contributed by atoms with Gasteiger partial charge in [0, 0.05) is 5.92 Å². The molecule has 5 aromatic rings. The maximum absolute atomic E-state index is 13.6. The van der Waals surface area contributed by atoms with Gasteiger partial charge >= 0.3 is 5.97 Å². The molecule has 0 saturated heterocycles. The van der Waals surface area contributed by atoms with E-state index >= 15 is 0 Å². The Labute approximate surface area is 301 Å². The van der Waals surface area contributed by atoms with Crippen LogP contribution in [0.15, 0.2) is 146 Å². The Bertz CT molecular complexity index is 1720. The molecule has 7 nitrogen and oxygen atoms in total. The van der Waals surface area contributed by atoms with Crippen LogP contribution < -0.4 is 4.74 Å². The number of hydrogen-bond acceptors (Lipinski definition) is 7. The number of benzene rings is 5. The van der Waals surface area contributed by atoms with Gasteiger partial charge in [0.15, 0.2) is 0 Å². The molecule has 7 heteroatoms. The summed E-state index contributed by atoms with van der Waals surface area (Å²) >= 11 is 0. The Balaban J connectivity index is 1.33. The van der Waals surface area contributed by atoms with Crippen molar-refractivity contribution >= 4 is 5.97 Å². The lowest BCUT2D eigenvalue weighted by Crippen LogP contribution is -2.48. The number of esters is 1. The maximum atomic E-state index is 13.6. The van der Waals surface area contributed by atoms with Gasteiger partial charge in [-0.2, -0.15) is 0 Å². The van der Waals surface area contributed by atoms with Crippen LogP contribution in [0.5, 0.6) is 5.75 Å². The van der Waals surface area contributed by atoms with Crippen molar-refractivity contribution in [2.45, 2.75) is 63.7 Å². The molecule has 5 atom stereocenters. The standard InChI is InChI=1S/C44H46O7/c1-46-38-24-22-36(23-25-38)29-48-40-26-27-41(51-44(45)37-20-12-5-13-21-37)43(50-31-35-18-10-4-11-19-35)42(49-30-34-16-8-3-9-17-34)39(40)32-47-28-33-14-6-2-7-15-33/h2-25,39-43H,26-32H2,1H3/t39-,40-,41+,42+,43+/m0/s1. The van der Waals surface area contributed by atoms with Crippen molar-refractivity contribution in [2.24, 2.45) is 5.92 Å². The first-order valence-electron chi connectivity index (χ1n) is 17.6. The summed E-state index contributed by atoms with van der Waals surface area (Å²) in [4.78, 5) is 13.6. The van der Waals surface area contributed by atoms with Crippen LogP contribution in [0.4, 0.5) is 0 Å². The van der Waals surface area contributed by atoms with E-state index in [1.165, 1.54) is 0 Å². The van der Waals surface area contributed by atoms with Crippen molar-refractivity contribution in [1.29, 1.82) is 0 Å². The van der Waals surface area contributed by atoms with Crippen molar-refractivity contribution < 1.29 is 33.2 Å². The summed E-state index contributed by atoms with van der Waals surface area (Å²) in [5.41, 5.74) is 4.63. The van der Waals surface area contributed by atoms with Gasteiger partial charge in [0.2, 0.25) is 0 Å². The number of carbonyl (C=O) groups excluding carboxylic acids is 1. The summed E-state index contributed by atoms with van der Waals surface area (Å²) in [6.45, 7) is 1.85. The van der Waals surface area contributed by atoms with Crippen LogP contribution in [0.3, 0.4) is 0 Å². The molecule has 0 unspecified atom stereocenters. The van der Waals surface area contributed by atoms with E-state index < -0.39 is 24.3 Å². The van der Waals surface area contributed by atoms with E-state index in [1.54, 1.807) is 19.2 Å². The maximum Gasteiger partial charge on any atom is 0.338 e. The van der Waals surface area contributed by atoms with Crippen LogP contribution in [0.2, 0.25) is 0 Å². The zero-order valence-electron chi connectivity index (χ0n) is 29.1. The molecular weight excluding hydrogens is 640 g/mol. The zero-order chi connectivity index (χ0) is 35.1. The number of hydrogen-bond donors (Lipinski definition) is 0. The van der Waals surface area contributed by atoms with Crippen molar-refractivity contribution in [1.82, 2.24) is 0 Å². The van der Waals surface area contributed by atoms with Crippen LogP contribution in [0.1, 0.15) is 45.5 Å².